The highest BCUT2D eigenvalue weighted by Gasteiger charge is 2.18. The van der Waals surface area contributed by atoms with Crippen LogP contribution in [0.15, 0.2) is 18.2 Å². The van der Waals surface area contributed by atoms with E-state index in [0.29, 0.717) is 0 Å². The first-order chi connectivity index (χ1) is 9.56. The number of aromatic nitrogens is 1. The van der Waals surface area contributed by atoms with E-state index in [1.807, 2.05) is 6.92 Å². The van der Waals surface area contributed by atoms with Gasteiger partial charge in [-0.1, -0.05) is 12.1 Å². The molecule has 0 radical (unpaired) electrons. The second kappa shape index (κ2) is 5.19. The van der Waals surface area contributed by atoms with Crippen LogP contribution in [0, 0.1) is 13.8 Å². The summed E-state index contributed by atoms with van der Waals surface area (Å²) in [6, 6.07) is 6.51. The zero-order valence-electron chi connectivity index (χ0n) is 12.3. The van der Waals surface area contributed by atoms with Crippen LogP contribution in [0.5, 0.6) is 0 Å². The minimum Gasteiger partial charge on any atom is -0.374 e. The van der Waals surface area contributed by atoms with E-state index >= 15 is 0 Å². The van der Waals surface area contributed by atoms with Crippen molar-refractivity contribution in [1.29, 1.82) is 0 Å². The van der Waals surface area contributed by atoms with Gasteiger partial charge in [0, 0.05) is 24.2 Å². The second-order valence-corrected chi connectivity index (χ2v) is 6.82. The van der Waals surface area contributed by atoms with Crippen molar-refractivity contribution < 1.29 is 0 Å². The maximum Gasteiger partial charge on any atom is 0.114 e. The molecule has 20 heavy (non-hydrogen) atoms. The highest BCUT2D eigenvalue weighted by Crippen LogP contribution is 2.31. The molecule has 0 spiro atoms. The standard InChI is InChI=1S/C16H21N3S/c1-10-11(2)20-16(18-10)15(17)13-6-7-14-12(9-13)5-4-8-19(14)3/h6-7,9,15H,4-5,8,17H2,1-3H3. The molecule has 2 N–H and O–H groups in total. The second-order valence-electron chi connectivity index (χ2n) is 5.58. The molecular weight excluding hydrogens is 266 g/mol. The molecule has 1 aromatic carbocycles. The van der Waals surface area contributed by atoms with Gasteiger partial charge in [0.1, 0.15) is 5.01 Å². The van der Waals surface area contributed by atoms with Crippen molar-refractivity contribution in [2.24, 2.45) is 5.73 Å². The molecule has 0 aliphatic carbocycles. The molecule has 1 aliphatic rings. The summed E-state index contributed by atoms with van der Waals surface area (Å²) in [7, 11) is 2.16. The third kappa shape index (κ3) is 2.34. The van der Waals surface area contributed by atoms with Gasteiger partial charge in [0.2, 0.25) is 0 Å². The summed E-state index contributed by atoms with van der Waals surface area (Å²) in [6.45, 7) is 5.29. The van der Waals surface area contributed by atoms with Crippen molar-refractivity contribution in [2.75, 3.05) is 18.5 Å². The molecule has 106 valence electrons. The topological polar surface area (TPSA) is 42.1 Å². The molecule has 1 aliphatic heterocycles. The fourth-order valence-corrected chi connectivity index (χ4v) is 3.72. The first-order valence-corrected chi connectivity index (χ1v) is 7.91. The van der Waals surface area contributed by atoms with Gasteiger partial charge in [-0.2, -0.15) is 0 Å². The van der Waals surface area contributed by atoms with E-state index in [1.165, 1.54) is 28.1 Å². The third-order valence-corrected chi connectivity index (χ3v) is 5.28. The Morgan fingerprint density at radius 2 is 2.15 bits per heavy atom. The van der Waals surface area contributed by atoms with Crippen molar-refractivity contribution in [2.45, 2.75) is 32.7 Å². The van der Waals surface area contributed by atoms with Crippen LogP contribution in [0.25, 0.3) is 0 Å². The molecule has 0 saturated carbocycles. The maximum absolute atomic E-state index is 6.40. The Labute approximate surface area is 124 Å². The van der Waals surface area contributed by atoms with Gasteiger partial charge in [-0.05, 0) is 43.9 Å². The Balaban J connectivity index is 1.94. The molecule has 2 aromatic rings. The Morgan fingerprint density at radius 1 is 1.35 bits per heavy atom. The summed E-state index contributed by atoms with van der Waals surface area (Å²) in [5.41, 5.74) is 11.4. The normalized spacial score (nSPS) is 16.1. The number of thiazole rings is 1. The Morgan fingerprint density at radius 3 is 2.85 bits per heavy atom. The van der Waals surface area contributed by atoms with Crippen molar-refractivity contribution in [3.05, 3.63) is 44.9 Å². The maximum atomic E-state index is 6.40. The van der Waals surface area contributed by atoms with E-state index in [4.69, 9.17) is 5.73 Å². The average Bonchev–Trinajstić information content (AvgIpc) is 2.78. The minimum atomic E-state index is -0.107. The number of nitrogens with zero attached hydrogens (tertiary/aromatic N) is 2. The smallest absolute Gasteiger partial charge is 0.114 e. The summed E-state index contributed by atoms with van der Waals surface area (Å²) in [4.78, 5) is 8.18. The van der Waals surface area contributed by atoms with Crippen LogP contribution >= 0.6 is 11.3 Å². The fourth-order valence-electron chi connectivity index (χ4n) is 2.77. The number of hydrogen-bond acceptors (Lipinski definition) is 4. The molecule has 1 aromatic heterocycles. The van der Waals surface area contributed by atoms with Crippen LogP contribution in [-0.2, 0) is 6.42 Å². The van der Waals surface area contributed by atoms with Gasteiger partial charge in [0.05, 0.1) is 11.7 Å². The molecule has 1 unspecified atom stereocenters. The van der Waals surface area contributed by atoms with Gasteiger partial charge in [0.25, 0.3) is 0 Å². The van der Waals surface area contributed by atoms with Crippen molar-refractivity contribution >= 4 is 17.0 Å². The van der Waals surface area contributed by atoms with Crippen LogP contribution in [-0.4, -0.2) is 18.6 Å². The van der Waals surface area contributed by atoms with Crippen LogP contribution in [0.1, 0.15) is 39.2 Å². The zero-order chi connectivity index (χ0) is 14.3. The van der Waals surface area contributed by atoms with Crippen molar-refractivity contribution in [1.82, 2.24) is 4.98 Å². The first-order valence-electron chi connectivity index (χ1n) is 7.09. The fraction of sp³-hybridized carbons (Fsp3) is 0.438. The van der Waals surface area contributed by atoms with Gasteiger partial charge in [-0.15, -0.1) is 11.3 Å². The molecule has 0 saturated heterocycles. The summed E-state index contributed by atoms with van der Waals surface area (Å²) < 4.78 is 0. The van der Waals surface area contributed by atoms with Gasteiger partial charge < -0.3 is 10.6 Å². The Kier molecular flexibility index (Phi) is 3.52. The highest BCUT2D eigenvalue weighted by atomic mass is 32.1. The predicted molar refractivity (Wildman–Crippen MR) is 85.7 cm³/mol. The quantitative estimate of drug-likeness (QED) is 0.922. The van der Waals surface area contributed by atoms with E-state index < -0.39 is 0 Å². The first kappa shape index (κ1) is 13.6. The van der Waals surface area contributed by atoms with Gasteiger partial charge in [0.15, 0.2) is 0 Å². The Hall–Kier alpha value is -1.39. The number of aryl methyl sites for hydroxylation is 3. The molecule has 0 bridgehead atoms. The number of anilines is 1. The van der Waals surface area contributed by atoms with Crippen LogP contribution in [0.2, 0.25) is 0 Å². The van der Waals surface area contributed by atoms with E-state index in [-0.39, 0.29) is 6.04 Å². The van der Waals surface area contributed by atoms with E-state index in [0.717, 1.165) is 23.7 Å². The van der Waals surface area contributed by atoms with Crippen LogP contribution in [0.4, 0.5) is 5.69 Å². The number of benzene rings is 1. The summed E-state index contributed by atoms with van der Waals surface area (Å²) in [6.07, 6.45) is 2.37. The monoisotopic (exact) mass is 287 g/mol. The number of fused-ring (bicyclic) bond motifs is 1. The number of hydrogen-bond donors (Lipinski definition) is 1. The minimum absolute atomic E-state index is 0.107. The summed E-state index contributed by atoms with van der Waals surface area (Å²) in [5.74, 6) is 0. The van der Waals surface area contributed by atoms with E-state index in [2.05, 4.69) is 42.1 Å². The third-order valence-electron chi connectivity index (χ3n) is 4.12. The van der Waals surface area contributed by atoms with Crippen molar-refractivity contribution in [3.63, 3.8) is 0 Å². The number of rotatable bonds is 2. The van der Waals surface area contributed by atoms with Crippen molar-refractivity contribution in [3.8, 4) is 0 Å². The van der Waals surface area contributed by atoms with E-state index in [9.17, 15) is 0 Å². The average molecular weight is 287 g/mol. The lowest BCUT2D eigenvalue weighted by atomic mass is 9.97. The largest absolute Gasteiger partial charge is 0.374 e. The summed E-state index contributed by atoms with van der Waals surface area (Å²) in [5, 5.41) is 1.02. The Bertz CT molecular complexity index is 613. The van der Waals surface area contributed by atoms with Gasteiger partial charge in [-0.3, -0.25) is 0 Å². The molecule has 4 heteroatoms. The molecule has 2 heterocycles. The van der Waals surface area contributed by atoms with Gasteiger partial charge >= 0.3 is 0 Å². The molecule has 0 fully saturated rings. The van der Waals surface area contributed by atoms with E-state index in [1.54, 1.807) is 11.3 Å². The molecule has 0 amide bonds. The van der Waals surface area contributed by atoms with Gasteiger partial charge in [-0.25, -0.2) is 4.98 Å². The molecular formula is C16H21N3S. The molecule has 3 rings (SSSR count). The lowest BCUT2D eigenvalue weighted by Crippen LogP contribution is -2.25. The lowest BCUT2D eigenvalue weighted by molar-refractivity contribution is 0.740. The highest BCUT2D eigenvalue weighted by molar-refractivity contribution is 7.11. The SMILES string of the molecule is Cc1nc(C(N)c2ccc3c(c2)CCCN3C)sc1C. The zero-order valence-corrected chi connectivity index (χ0v) is 13.1. The van der Waals surface area contributed by atoms with Crippen LogP contribution in [0.3, 0.4) is 0 Å². The molecule has 3 nitrogen and oxygen atoms in total. The summed E-state index contributed by atoms with van der Waals surface area (Å²) >= 11 is 1.71. The number of nitrogens with two attached hydrogens (primary N) is 1. The predicted octanol–water partition coefficient (Wildman–Crippen LogP) is 3.19. The van der Waals surface area contributed by atoms with Crippen LogP contribution < -0.4 is 10.6 Å². The lowest BCUT2D eigenvalue weighted by Gasteiger charge is -2.28. The molecule has 1 atom stereocenters.